The highest BCUT2D eigenvalue weighted by Gasteiger charge is 2.10. The SMILES string of the molecule is [N-]=[N+]=NCCC#Cc1c(F)ccc(F)c1F. The normalized spacial score (nSPS) is 8.94. The zero-order valence-corrected chi connectivity index (χ0v) is 8.04. The maximum absolute atomic E-state index is 13.0. The Morgan fingerprint density at radius 3 is 2.62 bits per heavy atom. The minimum Gasteiger partial charge on any atom is -0.206 e. The lowest BCUT2D eigenvalue weighted by atomic mass is 10.2. The van der Waals surface area contributed by atoms with Crippen LogP contribution in [-0.2, 0) is 0 Å². The second-order valence-electron chi connectivity index (χ2n) is 2.72. The maximum Gasteiger partial charge on any atom is 0.177 e. The van der Waals surface area contributed by atoms with Gasteiger partial charge in [-0.3, -0.25) is 0 Å². The Kier molecular flexibility index (Phi) is 4.25. The van der Waals surface area contributed by atoms with Crippen LogP contribution >= 0.6 is 0 Å². The molecule has 0 saturated carbocycles. The molecule has 0 aliphatic heterocycles. The first-order valence-electron chi connectivity index (χ1n) is 4.30. The summed E-state index contributed by atoms with van der Waals surface area (Å²) in [5, 5.41) is 3.18. The van der Waals surface area contributed by atoms with Gasteiger partial charge in [-0.05, 0) is 17.7 Å². The third-order valence-electron chi connectivity index (χ3n) is 1.66. The van der Waals surface area contributed by atoms with Crippen molar-refractivity contribution >= 4 is 0 Å². The quantitative estimate of drug-likeness (QED) is 0.185. The molecule has 0 unspecified atom stereocenters. The largest absolute Gasteiger partial charge is 0.206 e. The van der Waals surface area contributed by atoms with Crippen molar-refractivity contribution in [3.05, 3.63) is 45.6 Å². The van der Waals surface area contributed by atoms with Gasteiger partial charge < -0.3 is 0 Å². The van der Waals surface area contributed by atoms with E-state index >= 15 is 0 Å². The van der Waals surface area contributed by atoms with Crippen molar-refractivity contribution in [2.45, 2.75) is 6.42 Å². The highest BCUT2D eigenvalue weighted by atomic mass is 19.2. The number of halogens is 3. The van der Waals surface area contributed by atoms with E-state index in [1.807, 2.05) is 0 Å². The van der Waals surface area contributed by atoms with Crippen LogP contribution in [0, 0.1) is 29.3 Å². The molecule has 0 heterocycles. The third-order valence-corrected chi connectivity index (χ3v) is 1.66. The van der Waals surface area contributed by atoms with Gasteiger partial charge in [0.2, 0.25) is 0 Å². The number of hydrogen-bond acceptors (Lipinski definition) is 1. The summed E-state index contributed by atoms with van der Waals surface area (Å²) < 4.78 is 38.8. The molecular weight excluding hydrogens is 219 g/mol. The molecule has 0 bridgehead atoms. The number of rotatable bonds is 2. The van der Waals surface area contributed by atoms with Crippen LogP contribution in [0.15, 0.2) is 17.2 Å². The van der Waals surface area contributed by atoms with Crippen molar-refractivity contribution in [2.75, 3.05) is 6.54 Å². The molecular formula is C10H6F3N3. The molecule has 0 N–H and O–H groups in total. The van der Waals surface area contributed by atoms with Gasteiger partial charge >= 0.3 is 0 Å². The fourth-order valence-corrected chi connectivity index (χ4v) is 0.943. The van der Waals surface area contributed by atoms with Crippen molar-refractivity contribution in [2.24, 2.45) is 5.11 Å². The fraction of sp³-hybridized carbons (Fsp3) is 0.200. The Labute approximate surface area is 89.5 Å². The topological polar surface area (TPSA) is 48.8 Å². The van der Waals surface area contributed by atoms with Crippen molar-refractivity contribution in [3.8, 4) is 11.8 Å². The average molecular weight is 225 g/mol. The Morgan fingerprint density at radius 1 is 1.25 bits per heavy atom. The van der Waals surface area contributed by atoms with E-state index in [1.54, 1.807) is 0 Å². The second-order valence-corrected chi connectivity index (χ2v) is 2.72. The number of nitrogens with zero attached hydrogens (tertiary/aromatic N) is 3. The van der Waals surface area contributed by atoms with Gasteiger partial charge in [0.15, 0.2) is 11.6 Å². The van der Waals surface area contributed by atoms with E-state index in [4.69, 9.17) is 5.53 Å². The fourth-order valence-electron chi connectivity index (χ4n) is 0.943. The predicted molar refractivity (Wildman–Crippen MR) is 51.8 cm³/mol. The van der Waals surface area contributed by atoms with Gasteiger partial charge in [0.25, 0.3) is 0 Å². The molecule has 1 rings (SSSR count). The summed E-state index contributed by atoms with van der Waals surface area (Å²) in [6, 6.07) is 1.49. The zero-order valence-electron chi connectivity index (χ0n) is 8.04. The van der Waals surface area contributed by atoms with Gasteiger partial charge in [-0.25, -0.2) is 13.2 Å². The first-order valence-corrected chi connectivity index (χ1v) is 4.30. The van der Waals surface area contributed by atoms with E-state index in [-0.39, 0.29) is 13.0 Å². The second kappa shape index (κ2) is 5.69. The Bertz CT molecular complexity index is 496. The van der Waals surface area contributed by atoms with E-state index in [0.717, 1.165) is 6.07 Å². The molecule has 0 saturated heterocycles. The van der Waals surface area contributed by atoms with E-state index < -0.39 is 23.0 Å². The third kappa shape index (κ3) is 2.94. The zero-order chi connectivity index (χ0) is 12.0. The van der Waals surface area contributed by atoms with Gasteiger partial charge in [0, 0.05) is 17.9 Å². The summed E-state index contributed by atoms with van der Waals surface area (Å²) in [5.41, 5.74) is 7.34. The van der Waals surface area contributed by atoms with Crippen LogP contribution in [0.1, 0.15) is 12.0 Å². The first kappa shape index (κ1) is 12.0. The standard InChI is InChI=1S/C10H6F3N3/c11-8-4-5-9(12)10(13)7(8)3-1-2-6-15-16-14/h4-5H,2,6H2. The summed E-state index contributed by atoms with van der Waals surface area (Å²) in [5.74, 6) is 1.16. The van der Waals surface area contributed by atoms with Gasteiger partial charge in [0.1, 0.15) is 5.82 Å². The molecule has 82 valence electrons. The van der Waals surface area contributed by atoms with E-state index in [9.17, 15) is 13.2 Å². The lowest BCUT2D eigenvalue weighted by Gasteiger charge is -1.97. The van der Waals surface area contributed by atoms with Crippen molar-refractivity contribution in [3.63, 3.8) is 0 Å². The molecule has 0 aliphatic rings. The molecule has 0 fully saturated rings. The molecule has 16 heavy (non-hydrogen) atoms. The Hall–Kier alpha value is -2.12. The number of benzene rings is 1. The highest BCUT2D eigenvalue weighted by Crippen LogP contribution is 2.14. The summed E-state index contributed by atoms with van der Waals surface area (Å²) >= 11 is 0. The van der Waals surface area contributed by atoms with Crippen LogP contribution in [0.4, 0.5) is 13.2 Å². The van der Waals surface area contributed by atoms with Crippen LogP contribution in [0.2, 0.25) is 0 Å². The number of azide groups is 1. The highest BCUT2D eigenvalue weighted by molar-refractivity contribution is 5.37. The lowest BCUT2D eigenvalue weighted by molar-refractivity contribution is 0.491. The summed E-state index contributed by atoms with van der Waals surface area (Å²) in [6.45, 7) is 0.0993. The van der Waals surface area contributed by atoms with E-state index in [1.165, 1.54) is 0 Å². The summed E-state index contributed by atoms with van der Waals surface area (Å²) in [6.07, 6.45) is 0.152. The minimum atomic E-state index is -1.31. The molecule has 0 radical (unpaired) electrons. The van der Waals surface area contributed by atoms with Gasteiger partial charge in [-0.2, -0.15) is 0 Å². The van der Waals surface area contributed by atoms with Gasteiger partial charge in [-0.15, -0.1) is 0 Å². The van der Waals surface area contributed by atoms with Crippen LogP contribution in [0.25, 0.3) is 10.4 Å². The Morgan fingerprint density at radius 2 is 1.94 bits per heavy atom. The molecule has 6 heteroatoms. The summed E-state index contributed by atoms with van der Waals surface area (Å²) in [7, 11) is 0. The smallest absolute Gasteiger partial charge is 0.177 e. The molecule has 3 nitrogen and oxygen atoms in total. The first-order chi connectivity index (χ1) is 7.66. The number of hydrogen-bond donors (Lipinski definition) is 0. The predicted octanol–water partition coefficient (Wildman–Crippen LogP) is 3.16. The van der Waals surface area contributed by atoms with E-state index in [2.05, 4.69) is 21.9 Å². The van der Waals surface area contributed by atoms with Crippen molar-refractivity contribution in [1.29, 1.82) is 0 Å². The molecule has 0 aliphatic carbocycles. The van der Waals surface area contributed by atoms with Gasteiger partial charge in [-0.1, -0.05) is 17.0 Å². The maximum atomic E-state index is 13.0. The molecule has 1 aromatic rings. The van der Waals surface area contributed by atoms with E-state index in [0.29, 0.717) is 6.07 Å². The molecule has 1 aromatic carbocycles. The minimum absolute atomic E-state index is 0.0993. The summed E-state index contributed by atoms with van der Waals surface area (Å²) in [4.78, 5) is 2.48. The lowest BCUT2D eigenvalue weighted by Crippen LogP contribution is -1.94. The van der Waals surface area contributed by atoms with Crippen LogP contribution < -0.4 is 0 Å². The Balaban J connectivity index is 2.87. The molecule has 0 amide bonds. The monoisotopic (exact) mass is 225 g/mol. The van der Waals surface area contributed by atoms with Gasteiger partial charge in [0.05, 0.1) is 5.56 Å². The van der Waals surface area contributed by atoms with Crippen molar-refractivity contribution in [1.82, 2.24) is 0 Å². The molecule has 0 atom stereocenters. The van der Waals surface area contributed by atoms with Crippen LogP contribution in [0.5, 0.6) is 0 Å². The molecule has 0 spiro atoms. The van der Waals surface area contributed by atoms with Crippen LogP contribution in [0.3, 0.4) is 0 Å². The average Bonchev–Trinajstić information content (AvgIpc) is 2.28. The molecule has 0 aromatic heterocycles. The van der Waals surface area contributed by atoms with Crippen LogP contribution in [-0.4, -0.2) is 6.54 Å². The van der Waals surface area contributed by atoms with Crippen molar-refractivity contribution < 1.29 is 13.2 Å².